The second kappa shape index (κ2) is 4.72. The maximum atomic E-state index is 12.4. The quantitative estimate of drug-likeness (QED) is 0.637. The van der Waals surface area contributed by atoms with Crippen molar-refractivity contribution in [3.63, 3.8) is 0 Å². The Bertz CT molecular complexity index is 568. The van der Waals surface area contributed by atoms with Crippen LogP contribution >= 0.6 is 0 Å². The number of carbonyl (C=O) groups excluding carboxylic acids is 2. The fraction of sp³-hybridized carbons (Fsp3) is 0.357. The molecule has 0 aromatic heterocycles. The van der Waals surface area contributed by atoms with Gasteiger partial charge in [-0.05, 0) is 0 Å². The number of hydrogen-bond donors (Lipinski definition) is 2. The van der Waals surface area contributed by atoms with Crippen LogP contribution in [0.2, 0.25) is 0 Å². The van der Waals surface area contributed by atoms with Gasteiger partial charge < -0.3 is 5.11 Å². The van der Waals surface area contributed by atoms with Crippen molar-refractivity contribution in [3.8, 4) is 0 Å². The summed E-state index contributed by atoms with van der Waals surface area (Å²) < 4.78 is -0.233. The van der Waals surface area contributed by atoms with E-state index in [1.54, 1.807) is 38.4 Å². The molecule has 1 aliphatic heterocycles. The summed E-state index contributed by atoms with van der Waals surface area (Å²) in [6.45, 7) is 0. The van der Waals surface area contributed by atoms with Crippen molar-refractivity contribution >= 4 is 17.9 Å². The first-order chi connectivity index (χ1) is 9.32. The Kier molecular flexibility index (Phi) is 3.35. The van der Waals surface area contributed by atoms with Gasteiger partial charge in [0.15, 0.2) is 0 Å². The standard InChI is InChI=1S/C14H16N2O4/c1-16(2)13(20)15-12(19)14(16,9-8-11(17)18)10-6-4-3-5-7-10/h3-7H,8-9H2,1-2H3,(H-,15,17,18,19,20)/p+1. The Morgan fingerprint density at radius 2 is 1.85 bits per heavy atom. The van der Waals surface area contributed by atoms with Crippen molar-refractivity contribution in [2.75, 3.05) is 14.1 Å². The van der Waals surface area contributed by atoms with Crippen molar-refractivity contribution in [3.05, 3.63) is 35.9 Å². The van der Waals surface area contributed by atoms with Crippen LogP contribution in [-0.4, -0.2) is 41.6 Å². The number of carboxylic acids is 1. The van der Waals surface area contributed by atoms with Gasteiger partial charge in [-0.15, -0.1) is 0 Å². The summed E-state index contributed by atoms with van der Waals surface area (Å²) in [6, 6.07) is 8.43. The number of benzene rings is 1. The zero-order chi connectivity index (χ0) is 15.0. The smallest absolute Gasteiger partial charge is 0.424 e. The molecule has 2 rings (SSSR count). The lowest BCUT2D eigenvalue weighted by Gasteiger charge is -2.37. The maximum absolute atomic E-state index is 12.4. The summed E-state index contributed by atoms with van der Waals surface area (Å²) in [4.78, 5) is 35.3. The number of rotatable bonds is 4. The summed E-state index contributed by atoms with van der Waals surface area (Å²) in [6.07, 6.45) is -0.117. The average molecular weight is 277 g/mol. The Hall–Kier alpha value is -2.21. The number of nitrogens with zero attached hydrogens (tertiary/aromatic N) is 1. The van der Waals surface area contributed by atoms with Gasteiger partial charge in [-0.3, -0.25) is 9.59 Å². The van der Waals surface area contributed by atoms with Crippen molar-refractivity contribution in [2.24, 2.45) is 0 Å². The van der Waals surface area contributed by atoms with E-state index in [4.69, 9.17) is 5.11 Å². The number of imide groups is 1. The maximum Gasteiger partial charge on any atom is 0.424 e. The number of nitrogens with one attached hydrogen (secondary N) is 1. The van der Waals surface area contributed by atoms with Crippen LogP contribution in [0.1, 0.15) is 18.4 Å². The second-order valence-electron chi connectivity index (χ2n) is 5.33. The van der Waals surface area contributed by atoms with Gasteiger partial charge in [-0.25, -0.2) is 14.6 Å². The van der Waals surface area contributed by atoms with E-state index in [1.807, 2.05) is 6.07 Å². The highest BCUT2D eigenvalue weighted by Gasteiger charge is 2.63. The van der Waals surface area contributed by atoms with Crippen LogP contribution in [0.4, 0.5) is 4.79 Å². The molecular weight excluding hydrogens is 260 g/mol. The molecule has 1 heterocycles. The first-order valence-corrected chi connectivity index (χ1v) is 6.30. The van der Waals surface area contributed by atoms with Gasteiger partial charge >= 0.3 is 12.0 Å². The van der Waals surface area contributed by atoms with Crippen LogP contribution in [0, 0.1) is 0 Å². The highest BCUT2D eigenvalue weighted by Crippen LogP contribution is 2.41. The van der Waals surface area contributed by atoms with Crippen LogP contribution in [0.25, 0.3) is 0 Å². The first kappa shape index (κ1) is 14.2. The molecule has 6 heteroatoms. The molecule has 2 N–H and O–H groups in total. The fourth-order valence-electron chi connectivity index (χ4n) is 2.76. The molecule has 0 saturated carbocycles. The van der Waals surface area contributed by atoms with Crippen molar-refractivity contribution < 1.29 is 24.0 Å². The molecule has 0 radical (unpaired) electrons. The monoisotopic (exact) mass is 277 g/mol. The van der Waals surface area contributed by atoms with Gasteiger partial charge in [0.25, 0.3) is 5.91 Å². The Morgan fingerprint density at radius 1 is 1.25 bits per heavy atom. The number of amides is 3. The second-order valence-corrected chi connectivity index (χ2v) is 5.33. The Labute approximate surface area is 116 Å². The lowest BCUT2D eigenvalue weighted by atomic mass is 9.82. The highest BCUT2D eigenvalue weighted by molar-refractivity contribution is 6.03. The van der Waals surface area contributed by atoms with E-state index < -0.39 is 23.4 Å². The molecule has 0 aliphatic carbocycles. The third-order valence-corrected chi connectivity index (χ3v) is 4.01. The lowest BCUT2D eigenvalue weighted by Crippen LogP contribution is -2.57. The van der Waals surface area contributed by atoms with E-state index >= 15 is 0 Å². The number of carbonyl (C=O) groups is 3. The van der Waals surface area contributed by atoms with Crippen molar-refractivity contribution in [2.45, 2.75) is 18.4 Å². The fourth-order valence-corrected chi connectivity index (χ4v) is 2.76. The van der Waals surface area contributed by atoms with E-state index in [-0.39, 0.29) is 17.3 Å². The largest absolute Gasteiger partial charge is 0.481 e. The van der Waals surface area contributed by atoms with Crippen LogP contribution in [0.3, 0.4) is 0 Å². The summed E-state index contributed by atoms with van der Waals surface area (Å²) in [5, 5.41) is 11.3. The van der Waals surface area contributed by atoms with Crippen molar-refractivity contribution in [1.82, 2.24) is 5.32 Å². The molecule has 106 valence electrons. The molecule has 3 amide bonds. The Morgan fingerprint density at radius 3 is 2.30 bits per heavy atom. The molecule has 1 fully saturated rings. The molecular formula is C14H17N2O4+. The van der Waals surface area contributed by atoms with Crippen LogP contribution < -0.4 is 5.32 Å². The summed E-state index contributed by atoms with van der Waals surface area (Å²) >= 11 is 0. The molecule has 0 bridgehead atoms. The molecule has 1 aromatic carbocycles. The molecule has 1 aliphatic rings. The molecule has 0 spiro atoms. The zero-order valence-electron chi connectivity index (χ0n) is 11.4. The average Bonchev–Trinajstić information content (AvgIpc) is 2.56. The number of aliphatic carboxylic acids is 1. The van der Waals surface area contributed by atoms with E-state index in [0.717, 1.165) is 0 Å². The number of likely N-dealkylation sites (N-methyl/N-ethyl adjacent to an activating group) is 1. The highest BCUT2D eigenvalue weighted by atomic mass is 16.4. The summed E-state index contributed by atoms with van der Waals surface area (Å²) in [7, 11) is 3.24. The Balaban J connectivity index is 2.58. The van der Waals surface area contributed by atoms with Crippen LogP contribution in [0.15, 0.2) is 30.3 Å². The number of hydrogen-bond acceptors (Lipinski definition) is 3. The topological polar surface area (TPSA) is 83.5 Å². The molecule has 20 heavy (non-hydrogen) atoms. The van der Waals surface area contributed by atoms with E-state index in [0.29, 0.717) is 5.56 Å². The number of carboxylic acid groups (broad SMARTS) is 1. The van der Waals surface area contributed by atoms with Gasteiger partial charge in [0.1, 0.15) is 0 Å². The van der Waals surface area contributed by atoms with Crippen molar-refractivity contribution in [1.29, 1.82) is 0 Å². The minimum absolute atomic E-state index is 0.0664. The van der Waals surface area contributed by atoms with E-state index in [2.05, 4.69) is 5.32 Å². The van der Waals surface area contributed by atoms with Crippen LogP contribution in [-0.2, 0) is 15.1 Å². The van der Waals surface area contributed by atoms with Gasteiger partial charge in [0.2, 0.25) is 5.54 Å². The SMILES string of the molecule is C[N+]1(C)C(=O)NC(=O)C1(CCC(=O)O)c1ccccc1. The number of quaternary nitrogens is 1. The van der Waals surface area contributed by atoms with Gasteiger partial charge in [-0.2, -0.15) is 0 Å². The van der Waals surface area contributed by atoms with Gasteiger partial charge in [0, 0.05) is 12.0 Å². The molecule has 1 unspecified atom stereocenters. The normalized spacial score (nSPS) is 24.5. The van der Waals surface area contributed by atoms with E-state index in [9.17, 15) is 14.4 Å². The summed E-state index contributed by atoms with van der Waals surface area (Å²) in [5.74, 6) is -1.44. The minimum Gasteiger partial charge on any atom is -0.481 e. The third kappa shape index (κ3) is 1.89. The lowest BCUT2D eigenvalue weighted by molar-refractivity contribution is -0.856. The molecule has 1 saturated heterocycles. The van der Waals surface area contributed by atoms with E-state index in [1.165, 1.54) is 0 Å². The number of urea groups is 1. The van der Waals surface area contributed by atoms with Gasteiger partial charge in [-0.1, -0.05) is 30.3 Å². The summed E-state index contributed by atoms with van der Waals surface area (Å²) in [5.41, 5.74) is -0.550. The zero-order valence-corrected chi connectivity index (χ0v) is 11.4. The molecule has 1 atom stereocenters. The predicted molar refractivity (Wildman–Crippen MR) is 70.6 cm³/mol. The first-order valence-electron chi connectivity index (χ1n) is 6.30. The van der Waals surface area contributed by atoms with Gasteiger partial charge in [0.05, 0.1) is 20.5 Å². The van der Waals surface area contributed by atoms with Crippen LogP contribution in [0.5, 0.6) is 0 Å². The predicted octanol–water partition coefficient (Wildman–Crippen LogP) is 1.07. The molecule has 6 nitrogen and oxygen atoms in total. The molecule has 1 aromatic rings. The minimum atomic E-state index is -1.20. The third-order valence-electron chi connectivity index (χ3n) is 4.01.